The van der Waals surface area contributed by atoms with E-state index in [9.17, 15) is 14.0 Å². The summed E-state index contributed by atoms with van der Waals surface area (Å²) < 4.78 is 13.6. The number of nitrogens with zero attached hydrogens (tertiary/aromatic N) is 1. The topological polar surface area (TPSA) is 73.5 Å². The van der Waals surface area contributed by atoms with Gasteiger partial charge >= 0.3 is 0 Å². The number of carbonyl (C=O) groups excluding carboxylic acids is 2. The molecule has 4 aromatic rings. The average molecular weight is 561 g/mol. The molecule has 2 aliphatic rings. The average Bonchev–Trinajstić information content (AvgIpc) is 3.32. The van der Waals surface area contributed by atoms with E-state index >= 15 is 0 Å². The van der Waals surface area contributed by atoms with Gasteiger partial charge in [0, 0.05) is 29.2 Å². The van der Waals surface area contributed by atoms with E-state index < -0.39 is 0 Å². The number of halogens is 1. The van der Waals surface area contributed by atoms with Gasteiger partial charge in [0.05, 0.1) is 17.7 Å². The lowest BCUT2D eigenvalue weighted by atomic mass is 9.99. The van der Waals surface area contributed by atoms with Crippen LogP contribution in [0.15, 0.2) is 97.1 Å². The summed E-state index contributed by atoms with van der Waals surface area (Å²) in [5.74, 6) is -0.870. The fraction of sp³-hybridized carbons (Fsp3) is 0.200. The lowest BCUT2D eigenvalue weighted by Gasteiger charge is -2.26. The highest BCUT2D eigenvalue weighted by molar-refractivity contribution is 6.37. The van der Waals surface area contributed by atoms with Crippen LogP contribution in [0.5, 0.6) is 0 Å². The van der Waals surface area contributed by atoms with Crippen molar-refractivity contribution in [1.29, 1.82) is 0 Å². The smallest absolute Gasteiger partial charge is 0.258 e. The Morgan fingerprint density at radius 1 is 0.786 bits per heavy atom. The van der Waals surface area contributed by atoms with Crippen LogP contribution in [0.3, 0.4) is 0 Å². The number of rotatable bonds is 8. The highest BCUT2D eigenvalue weighted by Gasteiger charge is 2.29. The minimum Gasteiger partial charge on any atom is -0.354 e. The lowest BCUT2D eigenvalue weighted by Crippen LogP contribution is -2.29. The van der Waals surface area contributed by atoms with E-state index in [-0.39, 0.29) is 24.1 Å². The molecule has 2 amide bonds. The zero-order valence-corrected chi connectivity index (χ0v) is 23.3. The number of hydrogen-bond donors (Lipinski definition) is 3. The molecule has 2 aliphatic heterocycles. The van der Waals surface area contributed by atoms with Gasteiger partial charge in [0.15, 0.2) is 0 Å². The van der Waals surface area contributed by atoms with Gasteiger partial charge in [-0.25, -0.2) is 4.39 Å². The van der Waals surface area contributed by atoms with E-state index in [4.69, 9.17) is 0 Å². The maximum atomic E-state index is 13.6. The van der Waals surface area contributed by atoms with Crippen molar-refractivity contribution >= 4 is 40.1 Å². The summed E-state index contributed by atoms with van der Waals surface area (Å²) in [7, 11) is 0. The summed E-state index contributed by atoms with van der Waals surface area (Å²) in [6, 6.07) is 29.5. The van der Waals surface area contributed by atoms with Gasteiger partial charge < -0.3 is 16.0 Å². The van der Waals surface area contributed by atoms with Gasteiger partial charge in [0.1, 0.15) is 5.82 Å². The number of hydrogen-bond acceptors (Lipinski definition) is 4. The molecule has 4 aromatic carbocycles. The zero-order chi connectivity index (χ0) is 28.9. The predicted octanol–water partition coefficient (Wildman–Crippen LogP) is 6.93. The number of carbonyl (C=O) groups is 2. The van der Waals surface area contributed by atoms with Crippen molar-refractivity contribution in [2.75, 3.05) is 29.0 Å². The molecular formula is C35H33FN4O2. The summed E-state index contributed by atoms with van der Waals surface area (Å²) in [6.45, 7) is 3.23. The van der Waals surface area contributed by atoms with Crippen LogP contribution >= 0.6 is 0 Å². The summed E-state index contributed by atoms with van der Waals surface area (Å²) in [4.78, 5) is 28.6. The molecule has 7 heteroatoms. The molecule has 0 spiro atoms. The summed E-state index contributed by atoms with van der Waals surface area (Å²) >= 11 is 0. The fourth-order valence-electron chi connectivity index (χ4n) is 5.63. The second kappa shape index (κ2) is 12.4. The molecule has 212 valence electrons. The Balaban J connectivity index is 1.28. The fourth-order valence-corrected chi connectivity index (χ4v) is 5.63. The molecule has 42 heavy (non-hydrogen) atoms. The molecule has 1 saturated heterocycles. The molecule has 6 rings (SSSR count). The first-order valence-corrected chi connectivity index (χ1v) is 14.4. The van der Waals surface area contributed by atoms with E-state index in [0.29, 0.717) is 33.8 Å². The van der Waals surface area contributed by atoms with Crippen LogP contribution in [0, 0.1) is 5.82 Å². The third-order valence-corrected chi connectivity index (χ3v) is 7.69. The molecule has 6 nitrogen and oxygen atoms in total. The lowest BCUT2D eigenvalue weighted by molar-refractivity contribution is -0.115. The molecule has 3 N–H and O–H groups in total. The summed E-state index contributed by atoms with van der Waals surface area (Å²) in [5.41, 5.74) is 6.69. The molecule has 1 fully saturated rings. The van der Waals surface area contributed by atoms with Gasteiger partial charge in [-0.3, -0.25) is 14.5 Å². The molecule has 0 atom stereocenters. The number of amides is 2. The Bertz CT molecular complexity index is 1630. The Labute approximate surface area is 245 Å². The number of fused-ring (bicyclic) bond motifs is 1. The highest BCUT2D eigenvalue weighted by atomic mass is 19.1. The summed E-state index contributed by atoms with van der Waals surface area (Å²) in [6.07, 6.45) is 3.88. The molecule has 0 aromatic heterocycles. The van der Waals surface area contributed by atoms with Crippen molar-refractivity contribution in [3.8, 4) is 0 Å². The zero-order valence-electron chi connectivity index (χ0n) is 23.3. The standard InChI is InChI=1S/C35H33FN4O2/c36-27-11-7-8-25(20-27)21-32(41)37-29-16-17-31-30(22-29)33(35(42)39-31)34(26-9-3-1-4-10-26)38-28-14-12-24(13-15-28)23-40-18-5-2-6-19-40/h1,3-4,7-17,20,22,38H,2,5-6,18-19,21,23H2,(H,37,41)(H,39,42). The minimum absolute atomic E-state index is 0.0410. The van der Waals surface area contributed by atoms with Crippen molar-refractivity contribution in [2.24, 2.45) is 0 Å². The van der Waals surface area contributed by atoms with Crippen molar-refractivity contribution in [1.82, 2.24) is 4.90 Å². The van der Waals surface area contributed by atoms with Crippen molar-refractivity contribution in [2.45, 2.75) is 32.2 Å². The van der Waals surface area contributed by atoms with Crippen LogP contribution in [0.4, 0.5) is 21.5 Å². The Kier molecular flexibility index (Phi) is 8.10. The van der Waals surface area contributed by atoms with E-state index in [0.717, 1.165) is 30.9 Å². The largest absolute Gasteiger partial charge is 0.354 e. The summed E-state index contributed by atoms with van der Waals surface area (Å²) in [5, 5.41) is 9.38. The van der Waals surface area contributed by atoms with Gasteiger partial charge in [-0.05, 0) is 85.1 Å². The maximum absolute atomic E-state index is 13.6. The van der Waals surface area contributed by atoms with Gasteiger partial charge in [-0.15, -0.1) is 0 Å². The first-order chi connectivity index (χ1) is 20.5. The van der Waals surface area contributed by atoms with Crippen molar-refractivity contribution in [3.05, 3.63) is 125 Å². The second-order valence-corrected chi connectivity index (χ2v) is 10.8. The molecular weight excluding hydrogens is 527 g/mol. The van der Waals surface area contributed by atoms with Crippen LogP contribution < -0.4 is 16.0 Å². The third-order valence-electron chi connectivity index (χ3n) is 7.69. The highest BCUT2D eigenvalue weighted by Crippen LogP contribution is 2.39. The van der Waals surface area contributed by atoms with Crippen molar-refractivity contribution < 1.29 is 14.0 Å². The van der Waals surface area contributed by atoms with Crippen LogP contribution in [0.25, 0.3) is 11.3 Å². The van der Waals surface area contributed by atoms with E-state index in [2.05, 4.69) is 45.1 Å². The first-order valence-electron chi connectivity index (χ1n) is 14.4. The van der Waals surface area contributed by atoms with Gasteiger partial charge in [0.25, 0.3) is 5.91 Å². The van der Waals surface area contributed by atoms with Crippen LogP contribution in [-0.2, 0) is 22.6 Å². The Hall–Kier alpha value is -4.75. The Morgan fingerprint density at radius 3 is 2.31 bits per heavy atom. The number of likely N-dealkylation sites (tertiary alicyclic amines) is 1. The van der Waals surface area contributed by atoms with E-state index in [1.807, 2.05) is 30.3 Å². The third kappa shape index (κ3) is 6.42. The number of piperidine rings is 1. The van der Waals surface area contributed by atoms with Gasteiger partial charge in [0.2, 0.25) is 5.91 Å². The van der Waals surface area contributed by atoms with E-state index in [1.165, 1.54) is 37.0 Å². The quantitative estimate of drug-likeness (QED) is 0.205. The maximum Gasteiger partial charge on any atom is 0.258 e. The Morgan fingerprint density at radius 2 is 1.55 bits per heavy atom. The molecule has 0 radical (unpaired) electrons. The normalized spacial score (nSPS) is 16.0. The molecule has 2 heterocycles. The minimum atomic E-state index is -0.380. The number of nitrogens with one attached hydrogen (secondary N) is 3. The molecule has 0 bridgehead atoms. The predicted molar refractivity (Wildman–Crippen MR) is 166 cm³/mol. The SMILES string of the molecule is O=C(Cc1cccc(F)c1)Nc1ccc2c(c1)C(=C(Nc1ccc(CN3CCCCC3)cc1)c1ccccc1)C(=O)N2. The van der Waals surface area contributed by atoms with Crippen molar-refractivity contribution in [3.63, 3.8) is 0 Å². The van der Waals surface area contributed by atoms with Crippen LogP contribution in [-0.4, -0.2) is 29.8 Å². The number of anilines is 3. The van der Waals surface area contributed by atoms with Gasteiger partial charge in [-0.1, -0.05) is 61.0 Å². The molecule has 0 saturated carbocycles. The van der Waals surface area contributed by atoms with E-state index in [1.54, 1.807) is 30.3 Å². The van der Waals surface area contributed by atoms with Gasteiger partial charge in [-0.2, -0.15) is 0 Å². The van der Waals surface area contributed by atoms with Crippen LogP contribution in [0.2, 0.25) is 0 Å². The van der Waals surface area contributed by atoms with Crippen LogP contribution in [0.1, 0.15) is 41.5 Å². The first kappa shape index (κ1) is 27.4. The second-order valence-electron chi connectivity index (χ2n) is 10.8. The monoisotopic (exact) mass is 560 g/mol. The number of benzene rings is 4. The molecule has 0 aliphatic carbocycles. The molecule has 0 unspecified atom stereocenters.